The Morgan fingerprint density at radius 2 is 1.86 bits per heavy atom. The number of hydrogen-bond donors (Lipinski definition) is 1. The molecule has 6 heteroatoms. The van der Waals surface area contributed by atoms with Gasteiger partial charge in [-0.05, 0) is 0 Å². The van der Waals surface area contributed by atoms with Crippen molar-refractivity contribution in [1.82, 2.24) is 0 Å². The van der Waals surface area contributed by atoms with Gasteiger partial charge in [-0.1, -0.05) is 12.2 Å². The summed E-state index contributed by atoms with van der Waals surface area (Å²) < 4.78 is 42.2. The molecular formula is C8H7F3O3. The molecule has 2 rings (SSSR count). The molecule has 2 aliphatic rings. The predicted molar refractivity (Wildman–Crippen MR) is 38.5 cm³/mol. The van der Waals surface area contributed by atoms with Crippen molar-refractivity contribution >= 4 is 5.97 Å². The van der Waals surface area contributed by atoms with Crippen molar-refractivity contribution < 1.29 is 27.8 Å². The first kappa shape index (κ1) is 9.51. The van der Waals surface area contributed by atoms with Gasteiger partial charge in [0.25, 0.3) is 0 Å². The molecule has 14 heavy (non-hydrogen) atoms. The molecule has 0 saturated carbocycles. The van der Waals surface area contributed by atoms with E-state index >= 15 is 0 Å². The van der Waals surface area contributed by atoms with Gasteiger partial charge in [-0.15, -0.1) is 0 Å². The molecule has 0 aromatic rings. The summed E-state index contributed by atoms with van der Waals surface area (Å²) in [5.74, 6) is -4.86. The lowest BCUT2D eigenvalue weighted by atomic mass is 9.82. The van der Waals surface area contributed by atoms with Crippen molar-refractivity contribution in [2.75, 3.05) is 0 Å². The first-order valence-electron chi connectivity index (χ1n) is 4.04. The third-order valence-electron chi connectivity index (χ3n) is 2.56. The van der Waals surface area contributed by atoms with Gasteiger partial charge in [0.05, 0.1) is 12.2 Å². The lowest BCUT2D eigenvalue weighted by Crippen LogP contribution is -2.40. The van der Waals surface area contributed by atoms with E-state index in [1.54, 1.807) is 0 Å². The third-order valence-corrected chi connectivity index (χ3v) is 2.56. The molecular weight excluding hydrogens is 201 g/mol. The van der Waals surface area contributed by atoms with E-state index in [9.17, 15) is 18.0 Å². The number of fused-ring (bicyclic) bond motifs is 2. The number of ether oxygens (including phenoxy) is 1. The minimum atomic E-state index is -4.52. The van der Waals surface area contributed by atoms with Gasteiger partial charge >= 0.3 is 12.1 Å². The maximum absolute atomic E-state index is 12.5. The molecule has 3 nitrogen and oxygen atoms in total. The average Bonchev–Trinajstić information content (AvgIpc) is 2.58. The van der Waals surface area contributed by atoms with E-state index in [2.05, 4.69) is 0 Å². The van der Waals surface area contributed by atoms with Crippen LogP contribution in [0, 0.1) is 11.8 Å². The number of aliphatic carboxylic acids is 1. The number of hydrogen-bond acceptors (Lipinski definition) is 2. The standard InChI is InChI=1S/C8H7F3O3/c9-8(10,11)6-4-2-1-3(14-4)5(6)7(12)13/h1-6H,(H,12,13)/t3-,4+,5+,6-/m0/s1. The van der Waals surface area contributed by atoms with Gasteiger partial charge in [0.2, 0.25) is 0 Å². The predicted octanol–water partition coefficient (Wildman–Crippen LogP) is 1.20. The zero-order chi connectivity index (χ0) is 10.5. The third kappa shape index (κ3) is 1.21. The van der Waals surface area contributed by atoms with Gasteiger partial charge in [0.1, 0.15) is 11.8 Å². The monoisotopic (exact) mass is 208 g/mol. The Kier molecular flexibility index (Phi) is 1.85. The summed E-state index contributed by atoms with van der Waals surface area (Å²) in [5.41, 5.74) is 0. The summed E-state index contributed by atoms with van der Waals surface area (Å²) in [6.07, 6.45) is -3.91. The van der Waals surface area contributed by atoms with Crippen LogP contribution >= 0.6 is 0 Å². The molecule has 2 bridgehead atoms. The van der Waals surface area contributed by atoms with Crippen LogP contribution in [0.15, 0.2) is 12.2 Å². The minimum absolute atomic E-state index is 0.927. The molecule has 0 radical (unpaired) electrons. The lowest BCUT2D eigenvalue weighted by Gasteiger charge is -2.23. The van der Waals surface area contributed by atoms with Gasteiger partial charge < -0.3 is 9.84 Å². The van der Waals surface area contributed by atoms with Crippen LogP contribution in [0.5, 0.6) is 0 Å². The Bertz CT molecular complexity index is 297. The second kappa shape index (κ2) is 2.73. The Balaban J connectivity index is 2.31. The van der Waals surface area contributed by atoms with Gasteiger partial charge in [0.15, 0.2) is 0 Å². The first-order chi connectivity index (χ1) is 6.41. The summed E-state index contributed by atoms with van der Waals surface area (Å²) in [5, 5.41) is 8.66. The molecule has 2 heterocycles. The molecule has 1 N–H and O–H groups in total. The topological polar surface area (TPSA) is 46.5 Å². The largest absolute Gasteiger partial charge is 0.481 e. The summed E-state index contributed by atoms with van der Waals surface area (Å²) >= 11 is 0. The molecule has 0 unspecified atom stereocenters. The van der Waals surface area contributed by atoms with E-state index in [-0.39, 0.29) is 0 Å². The quantitative estimate of drug-likeness (QED) is 0.658. The SMILES string of the molecule is O=C(O)[C@H]1[C@@H](C(F)(F)F)[C@H]2C=C[C@@H]1O2. The number of halogens is 3. The molecule has 78 valence electrons. The highest BCUT2D eigenvalue weighted by Crippen LogP contribution is 2.47. The fourth-order valence-electron chi connectivity index (χ4n) is 1.99. The second-order valence-corrected chi connectivity index (χ2v) is 3.38. The molecule has 0 aromatic heterocycles. The van der Waals surface area contributed by atoms with Crippen molar-refractivity contribution in [3.8, 4) is 0 Å². The molecule has 2 aliphatic heterocycles. The highest BCUT2D eigenvalue weighted by Gasteiger charge is 2.60. The molecule has 1 fully saturated rings. The summed E-state index contributed by atoms with van der Waals surface area (Å²) in [6.45, 7) is 0. The van der Waals surface area contributed by atoms with Crippen LogP contribution in [0.2, 0.25) is 0 Å². The van der Waals surface area contributed by atoms with E-state index in [1.165, 1.54) is 12.2 Å². The number of rotatable bonds is 1. The fourth-order valence-corrected chi connectivity index (χ4v) is 1.99. The van der Waals surface area contributed by atoms with Crippen molar-refractivity contribution in [3.63, 3.8) is 0 Å². The highest BCUT2D eigenvalue weighted by atomic mass is 19.4. The van der Waals surface area contributed by atoms with Gasteiger partial charge in [0, 0.05) is 0 Å². The van der Waals surface area contributed by atoms with Crippen LogP contribution in [0.3, 0.4) is 0 Å². The average molecular weight is 208 g/mol. The molecule has 0 amide bonds. The van der Waals surface area contributed by atoms with Crippen LogP contribution < -0.4 is 0 Å². The van der Waals surface area contributed by atoms with Crippen LogP contribution in [0.4, 0.5) is 13.2 Å². The normalized spacial score (nSPS) is 40.5. The zero-order valence-electron chi connectivity index (χ0n) is 6.86. The smallest absolute Gasteiger partial charge is 0.395 e. The van der Waals surface area contributed by atoms with E-state index in [1.807, 2.05) is 0 Å². The van der Waals surface area contributed by atoms with Gasteiger partial charge in [-0.2, -0.15) is 13.2 Å². The highest BCUT2D eigenvalue weighted by molar-refractivity contribution is 5.73. The molecule has 0 aromatic carbocycles. The Hall–Kier alpha value is -1.04. The van der Waals surface area contributed by atoms with E-state index in [0.29, 0.717) is 0 Å². The van der Waals surface area contributed by atoms with Gasteiger partial charge in [-0.25, -0.2) is 0 Å². The van der Waals surface area contributed by atoms with Crippen molar-refractivity contribution in [2.24, 2.45) is 11.8 Å². The molecule has 0 aliphatic carbocycles. The summed E-state index contributed by atoms with van der Waals surface area (Å²) in [7, 11) is 0. The van der Waals surface area contributed by atoms with Crippen molar-refractivity contribution in [2.45, 2.75) is 18.4 Å². The van der Waals surface area contributed by atoms with Crippen LogP contribution in [-0.2, 0) is 9.53 Å². The number of alkyl halides is 3. The number of carboxylic acid groups (broad SMARTS) is 1. The molecule has 0 spiro atoms. The Morgan fingerprint density at radius 1 is 1.29 bits per heavy atom. The Labute approximate surface area is 77.2 Å². The van der Waals surface area contributed by atoms with Crippen LogP contribution in [0.25, 0.3) is 0 Å². The zero-order valence-corrected chi connectivity index (χ0v) is 6.86. The number of carbonyl (C=O) groups is 1. The summed E-state index contributed by atoms with van der Waals surface area (Å²) in [4.78, 5) is 10.6. The molecule has 1 saturated heterocycles. The minimum Gasteiger partial charge on any atom is -0.481 e. The first-order valence-corrected chi connectivity index (χ1v) is 4.04. The van der Waals surface area contributed by atoms with Crippen LogP contribution in [-0.4, -0.2) is 29.5 Å². The van der Waals surface area contributed by atoms with Crippen LogP contribution in [0.1, 0.15) is 0 Å². The lowest BCUT2D eigenvalue weighted by molar-refractivity contribution is -0.196. The Morgan fingerprint density at radius 3 is 2.29 bits per heavy atom. The van der Waals surface area contributed by atoms with Gasteiger partial charge in [-0.3, -0.25) is 4.79 Å². The van der Waals surface area contributed by atoms with Crippen molar-refractivity contribution in [3.05, 3.63) is 12.2 Å². The fraction of sp³-hybridized carbons (Fsp3) is 0.625. The van der Waals surface area contributed by atoms with E-state index in [4.69, 9.17) is 9.84 Å². The molecule has 4 atom stereocenters. The maximum Gasteiger partial charge on any atom is 0.395 e. The maximum atomic E-state index is 12.5. The van der Waals surface area contributed by atoms with E-state index in [0.717, 1.165) is 0 Å². The second-order valence-electron chi connectivity index (χ2n) is 3.38. The number of carboxylic acids is 1. The summed E-state index contributed by atoms with van der Waals surface area (Å²) in [6, 6.07) is 0. The van der Waals surface area contributed by atoms with Crippen molar-refractivity contribution in [1.29, 1.82) is 0 Å². The van der Waals surface area contributed by atoms with E-state index < -0.39 is 36.2 Å².